The second-order valence-electron chi connectivity index (χ2n) is 8.92. The lowest BCUT2D eigenvalue weighted by atomic mass is 10.1. The van der Waals surface area contributed by atoms with Crippen LogP contribution in [0.4, 0.5) is 0 Å². The molecule has 192 valence electrons. The lowest BCUT2D eigenvalue weighted by Gasteiger charge is -2.18. The maximum absolute atomic E-state index is 13.0. The molecule has 1 aliphatic heterocycles. The van der Waals surface area contributed by atoms with Crippen molar-refractivity contribution in [3.8, 4) is 35.2 Å². The lowest BCUT2D eigenvalue weighted by Crippen LogP contribution is -2.35. The number of benzene rings is 1. The summed E-state index contributed by atoms with van der Waals surface area (Å²) in [7, 11) is 3.66. The van der Waals surface area contributed by atoms with Gasteiger partial charge in [0.2, 0.25) is 11.8 Å². The number of aromatic nitrogens is 6. The topological polar surface area (TPSA) is 92.2 Å². The molecule has 1 amide bonds. The maximum Gasteiger partial charge on any atom is 0.263 e. The fourth-order valence-corrected chi connectivity index (χ4v) is 6.12. The van der Waals surface area contributed by atoms with Crippen LogP contribution in [-0.4, -0.2) is 65.7 Å². The van der Waals surface area contributed by atoms with Crippen molar-refractivity contribution in [1.82, 2.24) is 34.0 Å². The van der Waals surface area contributed by atoms with E-state index in [0.717, 1.165) is 33.3 Å². The van der Waals surface area contributed by atoms with Crippen molar-refractivity contribution >= 4 is 45.2 Å². The van der Waals surface area contributed by atoms with Gasteiger partial charge in [-0.15, -0.1) is 6.42 Å². The highest BCUT2D eigenvalue weighted by Crippen LogP contribution is 2.35. The Morgan fingerprint density at radius 2 is 2.03 bits per heavy atom. The molecule has 3 aromatic heterocycles. The van der Waals surface area contributed by atoms with Crippen molar-refractivity contribution in [2.75, 3.05) is 19.7 Å². The van der Waals surface area contributed by atoms with E-state index in [1.807, 2.05) is 50.6 Å². The molecule has 1 fully saturated rings. The van der Waals surface area contributed by atoms with Crippen molar-refractivity contribution in [1.29, 1.82) is 0 Å². The summed E-state index contributed by atoms with van der Waals surface area (Å²) in [5.41, 5.74) is 5.26. The standard InChI is InChI=1S/C25H27IN7O3P/c1-6-20-18-13-17(7-8-21(18)33(29-20)37-26)19-14-27-30(4)25(19)35-12-11-32-10-9-22(23(32)34)36-24-15(2)16(3)28-31(24)5/h1,7-8,13-14,22,37H,9-12H2,2-5H3. The summed E-state index contributed by atoms with van der Waals surface area (Å²) in [6.45, 7) is 5.29. The van der Waals surface area contributed by atoms with Crippen molar-refractivity contribution in [3.05, 3.63) is 41.3 Å². The van der Waals surface area contributed by atoms with Crippen LogP contribution in [0.2, 0.25) is 0 Å². The first-order valence-electron chi connectivity index (χ1n) is 11.8. The van der Waals surface area contributed by atoms with Crippen LogP contribution < -0.4 is 9.47 Å². The summed E-state index contributed by atoms with van der Waals surface area (Å²) in [5, 5.41) is 14.2. The summed E-state index contributed by atoms with van der Waals surface area (Å²) >= 11 is 2.29. The first-order valence-corrected chi connectivity index (χ1v) is 15.8. The first kappa shape index (κ1) is 25.5. The maximum atomic E-state index is 13.0. The van der Waals surface area contributed by atoms with Gasteiger partial charge in [-0.3, -0.25) is 4.79 Å². The van der Waals surface area contributed by atoms with E-state index in [0.29, 0.717) is 49.9 Å². The molecular formula is C25H27IN7O3P. The SMILES string of the molecule is C#Cc1nn(PI)c2ccc(-c3cnn(C)c3OCCN3CCC(Oc4c(C)c(C)nn4C)C3=O)cc12. The molecule has 4 aromatic rings. The summed E-state index contributed by atoms with van der Waals surface area (Å²) in [6.07, 6.45) is 8.05. The molecule has 2 atom stereocenters. The monoisotopic (exact) mass is 631 g/mol. The van der Waals surface area contributed by atoms with E-state index in [9.17, 15) is 4.79 Å². The third-order valence-corrected chi connectivity index (χ3v) is 8.52. The second-order valence-corrected chi connectivity index (χ2v) is 11.0. The number of amides is 1. The van der Waals surface area contributed by atoms with Crippen molar-refractivity contribution in [2.45, 2.75) is 26.4 Å². The summed E-state index contributed by atoms with van der Waals surface area (Å²) in [6, 6.07) is 6.08. The number of hydrogen-bond donors (Lipinski definition) is 0. The lowest BCUT2D eigenvalue weighted by molar-refractivity contribution is -0.133. The zero-order chi connectivity index (χ0) is 26.3. The molecule has 1 aromatic carbocycles. The van der Waals surface area contributed by atoms with E-state index in [1.54, 1.807) is 20.5 Å². The summed E-state index contributed by atoms with van der Waals surface area (Å²) < 4.78 is 17.5. The molecule has 37 heavy (non-hydrogen) atoms. The van der Waals surface area contributed by atoms with Gasteiger partial charge in [-0.25, -0.2) is 13.8 Å². The van der Waals surface area contributed by atoms with Crippen LogP contribution in [0.3, 0.4) is 0 Å². The van der Waals surface area contributed by atoms with Crippen LogP contribution in [0.1, 0.15) is 23.4 Å². The fourth-order valence-electron chi connectivity index (χ4n) is 4.59. The first-order chi connectivity index (χ1) is 17.8. The second kappa shape index (κ2) is 10.3. The minimum atomic E-state index is -0.512. The van der Waals surface area contributed by atoms with Crippen LogP contribution in [-0.2, 0) is 18.9 Å². The molecule has 0 radical (unpaired) electrons. The van der Waals surface area contributed by atoms with Crippen LogP contribution in [0.15, 0.2) is 24.4 Å². The molecule has 1 aliphatic rings. The fraction of sp³-hybridized carbons (Fsp3) is 0.360. The third kappa shape index (κ3) is 4.68. The molecule has 1 saturated heterocycles. The van der Waals surface area contributed by atoms with Gasteiger partial charge in [0, 0.05) is 38.0 Å². The van der Waals surface area contributed by atoms with E-state index in [-0.39, 0.29) is 5.91 Å². The molecule has 4 heterocycles. The Bertz CT molecular complexity index is 1530. The average molecular weight is 631 g/mol. The van der Waals surface area contributed by atoms with E-state index < -0.39 is 6.10 Å². The highest BCUT2D eigenvalue weighted by Gasteiger charge is 2.34. The number of carbonyl (C=O) groups excluding carboxylic acids is 1. The van der Waals surface area contributed by atoms with Gasteiger partial charge in [-0.2, -0.15) is 15.3 Å². The molecular weight excluding hydrogens is 604 g/mol. The Morgan fingerprint density at radius 1 is 1.22 bits per heavy atom. The molecule has 2 unspecified atom stereocenters. The molecule has 12 heteroatoms. The zero-order valence-corrected chi connectivity index (χ0v) is 24.2. The number of fused-ring (bicyclic) bond motifs is 1. The van der Waals surface area contributed by atoms with Crippen molar-refractivity contribution in [3.63, 3.8) is 0 Å². The van der Waals surface area contributed by atoms with Crippen molar-refractivity contribution < 1.29 is 14.3 Å². The molecule has 0 spiro atoms. The van der Waals surface area contributed by atoms with Crippen molar-refractivity contribution in [2.24, 2.45) is 14.1 Å². The van der Waals surface area contributed by atoms with Gasteiger partial charge in [0.25, 0.3) is 5.91 Å². The minimum Gasteiger partial charge on any atom is -0.476 e. The highest BCUT2D eigenvalue weighted by atomic mass is 127. The largest absolute Gasteiger partial charge is 0.476 e. The Kier molecular flexibility index (Phi) is 7.14. The third-order valence-electron chi connectivity index (χ3n) is 6.65. The Balaban J connectivity index is 1.27. The van der Waals surface area contributed by atoms with Crippen LogP contribution in [0, 0.1) is 26.2 Å². The number of rotatable bonds is 8. The van der Waals surface area contributed by atoms with Gasteiger partial charge in [-0.1, -0.05) is 6.07 Å². The predicted octanol–water partition coefficient (Wildman–Crippen LogP) is 3.62. The van der Waals surface area contributed by atoms with Crippen LogP contribution in [0.5, 0.6) is 11.8 Å². The predicted molar refractivity (Wildman–Crippen MR) is 151 cm³/mol. The summed E-state index contributed by atoms with van der Waals surface area (Å²) in [5.74, 6) is 3.92. The molecule has 5 rings (SSSR count). The minimum absolute atomic E-state index is 0.0349. The number of ether oxygens (including phenoxy) is 2. The van der Waals surface area contributed by atoms with E-state index in [2.05, 4.69) is 43.3 Å². The van der Waals surface area contributed by atoms with E-state index >= 15 is 0 Å². The smallest absolute Gasteiger partial charge is 0.263 e. The number of terminal acetylenes is 1. The van der Waals surface area contributed by atoms with Crippen LogP contribution >= 0.6 is 28.4 Å². The van der Waals surface area contributed by atoms with Gasteiger partial charge in [0.15, 0.2) is 6.10 Å². The number of carbonyl (C=O) groups is 1. The molecule has 10 nitrogen and oxygen atoms in total. The average Bonchev–Trinajstić information content (AvgIpc) is 3.61. The molecule has 0 saturated carbocycles. The van der Waals surface area contributed by atoms with E-state index in [1.165, 1.54) is 0 Å². The highest BCUT2D eigenvalue weighted by molar-refractivity contribution is 14.2. The molecule has 0 N–H and O–H groups in total. The zero-order valence-electron chi connectivity index (χ0n) is 21.0. The van der Waals surface area contributed by atoms with Gasteiger partial charge >= 0.3 is 0 Å². The number of likely N-dealkylation sites (tertiary alicyclic amines) is 1. The number of aryl methyl sites for hydroxylation is 3. The normalized spacial score (nSPS) is 15.8. The number of nitrogens with zero attached hydrogens (tertiary/aromatic N) is 7. The van der Waals surface area contributed by atoms with Gasteiger partial charge in [0.05, 0.1) is 35.9 Å². The molecule has 0 bridgehead atoms. The molecule has 0 aliphatic carbocycles. The summed E-state index contributed by atoms with van der Waals surface area (Å²) in [4.78, 5) is 14.8. The van der Waals surface area contributed by atoms with Gasteiger partial charge < -0.3 is 14.4 Å². The van der Waals surface area contributed by atoms with E-state index in [4.69, 9.17) is 15.9 Å². The van der Waals surface area contributed by atoms with Gasteiger partial charge in [0.1, 0.15) is 12.3 Å². The Morgan fingerprint density at radius 3 is 2.73 bits per heavy atom. The number of hydrogen-bond acceptors (Lipinski definition) is 6. The quantitative estimate of drug-likeness (QED) is 0.168. The Labute approximate surface area is 229 Å². The van der Waals surface area contributed by atoms with Crippen LogP contribution in [0.25, 0.3) is 22.0 Å². The Hall–Kier alpha value is -3.10. The number of halogens is 1. The van der Waals surface area contributed by atoms with Gasteiger partial charge in [-0.05, 0) is 59.5 Å².